The van der Waals surface area contributed by atoms with Crippen molar-refractivity contribution in [2.75, 3.05) is 0 Å². The van der Waals surface area contributed by atoms with Crippen molar-refractivity contribution in [1.82, 2.24) is 14.6 Å². The number of nitrogens with one attached hydrogen (secondary N) is 1. The van der Waals surface area contributed by atoms with Gasteiger partial charge in [0.15, 0.2) is 0 Å². The Labute approximate surface area is 295 Å². The van der Waals surface area contributed by atoms with Crippen LogP contribution in [0.2, 0.25) is 0 Å². The number of hydrazone groups is 1. The van der Waals surface area contributed by atoms with Crippen molar-refractivity contribution in [2.24, 2.45) is 5.10 Å². The van der Waals surface area contributed by atoms with Gasteiger partial charge in [0.2, 0.25) is 22.8 Å². The second-order valence-corrected chi connectivity index (χ2v) is 14.5. The van der Waals surface area contributed by atoms with Crippen molar-refractivity contribution in [1.29, 1.82) is 0 Å². The molecule has 0 amide bonds. The van der Waals surface area contributed by atoms with Crippen LogP contribution in [0.25, 0.3) is 24.3 Å². The molecule has 9 heterocycles. The fourth-order valence-corrected chi connectivity index (χ4v) is 9.78. The Morgan fingerprint density at radius 1 is 0.863 bits per heavy atom. The first-order valence-corrected chi connectivity index (χ1v) is 18.0. The van der Waals surface area contributed by atoms with E-state index in [1.54, 1.807) is 0 Å². The maximum Gasteiger partial charge on any atom is 0.553 e. The number of allylic oxidation sites excluding steroid dienone is 7. The molecule has 0 aromatic carbocycles. The summed E-state index contributed by atoms with van der Waals surface area (Å²) in [4.78, 5) is 24.1. The predicted octanol–water partition coefficient (Wildman–Crippen LogP) is 4.90. The summed E-state index contributed by atoms with van der Waals surface area (Å²) in [5.41, 5.74) is 20.4. The summed E-state index contributed by atoms with van der Waals surface area (Å²) in [5.74, 6) is -2.68. The van der Waals surface area contributed by atoms with Crippen LogP contribution in [0.1, 0.15) is 106 Å². The van der Waals surface area contributed by atoms with Crippen molar-refractivity contribution in [2.45, 2.75) is 91.9 Å². The highest BCUT2D eigenvalue weighted by Gasteiger charge is 2.73. The second kappa shape index (κ2) is 10.5. The highest BCUT2D eigenvalue weighted by molar-refractivity contribution is 6.21. The molecule has 2 atom stereocenters. The van der Waals surface area contributed by atoms with Crippen LogP contribution < -0.4 is 16.1 Å². The lowest BCUT2D eigenvalue weighted by atomic mass is 9.88. The summed E-state index contributed by atoms with van der Waals surface area (Å²) in [6, 6.07) is 0. The number of carboxylic acid groups (broad SMARTS) is 2. The van der Waals surface area contributed by atoms with Gasteiger partial charge in [0.05, 0.1) is 28.2 Å². The van der Waals surface area contributed by atoms with Gasteiger partial charge in [-0.3, -0.25) is 15.0 Å². The first kappa shape index (κ1) is 31.5. The lowest BCUT2D eigenvalue weighted by Crippen LogP contribution is -2.70. The highest BCUT2D eigenvalue weighted by atomic mass is 16.4. The molecule has 2 aromatic heterocycles. The Bertz CT molecular complexity index is 2530. The lowest BCUT2D eigenvalue weighted by molar-refractivity contribution is -0.837. The van der Waals surface area contributed by atoms with Gasteiger partial charge in [-0.2, -0.15) is 14.2 Å². The second-order valence-electron chi connectivity index (χ2n) is 14.5. The molecule has 7 aliphatic heterocycles. The van der Waals surface area contributed by atoms with Crippen molar-refractivity contribution in [3.8, 4) is 0 Å². The number of aromatic nitrogens is 2. The molecule has 2 aromatic rings. The van der Waals surface area contributed by atoms with E-state index in [1.165, 1.54) is 11.1 Å². The summed E-state index contributed by atoms with van der Waals surface area (Å²) in [6.45, 7) is 17.2. The Hall–Kier alpha value is -5.51. The first-order valence-electron chi connectivity index (χ1n) is 18.0. The molecular weight excluding hydrogens is 640 g/mol. The van der Waals surface area contributed by atoms with E-state index in [4.69, 9.17) is 5.10 Å². The molecule has 258 valence electrons. The fourth-order valence-electron chi connectivity index (χ4n) is 9.78. The quantitative estimate of drug-likeness (QED) is 0.309. The largest absolute Gasteiger partial charge is 0.553 e. The molecule has 0 saturated carbocycles. The molecule has 3 N–H and O–H groups in total. The predicted molar refractivity (Wildman–Crippen MR) is 197 cm³/mol. The molecule has 10 heteroatoms. The molecule has 0 aliphatic carbocycles. The van der Waals surface area contributed by atoms with Crippen LogP contribution in [0, 0.1) is 13.8 Å². The van der Waals surface area contributed by atoms with Gasteiger partial charge in [0, 0.05) is 70.2 Å². The van der Waals surface area contributed by atoms with Gasteiger partial charge in [-0.15, -0.1) is 0 Å². The molecule has 0 fully saturated rings. The van der Waals surface area contributed by atoms with E-state index in [0.717, 1.165) is 103 Å². The Balaban J connectivity index is 1.48. The van der Waals surface area contributed by atoms with Crippen molar-refractivity contribution in [3.05, 3.63) is 102 Å². The average Bonchev–Trinajstić information content (AvgIpc) is 3.75. The third-order valence-electron chi connectivity index (χ3n) is 12.1. The van der Waals surface area contributed by atoms with Gasteiger partial charge >= 0.3 is 17.8 Å². The lowest BCUT2D eigenvalue weighted by Gasteiger charge is -2.38. The third kappa shape index (κ3) is 3.69. The minimum absolute atomic E-state index is 0.00843. The van der Waals surface area contributed by atoms with Crippen LogP contribution in [0.3, 0.4) is 0 Å². The molecular formula is C41H42N6O4+2. The van der Waals surface area contributed by atoms with E-state index in [1.807, 2.05) is 6.08 Å². The average molecular weight is 683 g/mol. The minimum atomic E-state index is -0.973. The van der Waals surface area contributed by atoms with E-state index < -0.39 is 17.8 Å². The fraction of sp³-hybridized carbons (Fsp3) is 0.341. The molecule has 0 saturated heterocycles. The van der Waals surface area contributed by atoms with E-state index in [0.29, 0.717) is 12.8 Å². The van der Waals surface area contributed by atoms with Crippen LogP contribution in [-0.4, -0.2) is 57.6 Å². The summed E-state index contributed by atoms with van der Waals surface area (Å²) in [7, 11) is 0. The van der Waals surface area contributed by atoms with E-state index >= 15 is 0 Å². The number of rotatable bonds is 10. The monoisotopic (exact) mass is 682 g/mol. The minimum Gasteiger partial charge on any atom is -0.481 e. The standard InChI is InChI=1S/C41H40N6O4/c1-8-24-15-28(29(10-3)43-42-24)40-23(7)33-17-34-25(9-2)20(4)30-16-31-21(5)26(11-13-38(48)49)35-19-36-27(12-14-39(50)51)22(6)32-18-37(40)47(33)41(44(30)34,45(31)35)46(32)36/h9,15-19,28H,2,8,10-14H2,1,3-7H3,(H-,48,49,50,51)/p+2. The van der Waals surface area contributed by atoms with Gasteiger partial charge < -0.3 is 10.2 Å². The van der Waals surface area contributed by atoms with Gasteiger partial charge in [0.1, 0.15) is 0 Å². The van der Waals surface area contributed by atoms with Crippen molar-refractivity contribution >= 4 is 53.4 Å². The van der Waals surface area contributed by atoms with Crippen molar-refractivity contribution < 1.29 is 29.0 Å². The van der Waals surface area contributed by atoms with Gasteiger partial charge in [-0.25, -0.2) is 0 Å². The normalized spacial score (nSPS) is 22.9. The zero-order chi connectivity index (χ0) is 35.8. The molecule has 51 heavy (non-hydrogen) atoms. The third-order valence-corrected chi connectivity index (χ3v) is 12.1. The van der Waals surface area contributed by atoms with E-state index in [-0.39, 0.29) is 18.8 Å². The zero-order valence-electron chi connectivity index (χ0n) is 29.9. The van der Waals surface area contributed by atoms with Gasteiger partial charge in [-0.05, 0) is 76.1 Å². The molecule has 0 bridgehead atoms. The molecule has 1 spiro atoms. The number of nitrogens with zero attached hydrogens (tertiary/aromatic N) is 5. The molecule has 10 nitrogen and oxygen atoms in total. The van der Waals surface area contributed by atoms with E-state index in [2.05, 4.69) is 102 Å². The van der Waals surface area contributed by atoms with Crippen LogP contribution in [-0.2, 0) is 15.5 Å². The van der Waals surface area contributed by atoms with Crippen LogP contribution in [0.15, 0.2) is 63.2 Å². The number of carboxylic acids is 2. The number of hydrogen-bond donors (Lipinski definition) is 3. The summed E-state index contributed by atoms with van der Waals surface area (Å²) in [6.07, 6.45) is 15.8. The SMILES string of the molecule is C=Cc1c(C)c2n3c1C=c1c(C)c(C4C=C(CC)NN=C4CC)c4n1C31[N+]3=C(C=4)C(C)=C(CCC(=O)O)C3=CC3=[N+]1C(=C2)C(C)=C3CCC(=O)O. The van der Waals surface area contributed by atoms with Crippen molar-refractivity contribution in [3.63, 3.8) is 0 Å². The maximum absolute atomic E-state index is 12.0. The molecule has 9 rings (SSSR count). The summed E-state index contributed by atoms with van der Waals surface area (Å²) >= 11 is 0. The van der Waals surface area contributed by atoms with Crippen LogP contribution in [0.4, 0.5) is 0 Å². The van der Waals surface area contributed by atoms with Gasteiger partial charge in [0.25, 0.3) is 0 Å². The number of hydrogen-bond acceptors (Lipinski definition) is 4. The molecule has 7 aliphatic rings. The zero-order valence-corrected chi connectivity index (χ0v) is 29.9. The Kier molecular flexibility index (Phi) is 6.48. The Morgan fingerprint density at radius 3 is 2.24 bits per heavy atom. The summed E-state index contributed by atoms with van der Waals surface area (Å²) in [5, 5.41) is 26.8. The van der Waals surface area contributed by atoms with Crippen LogP contribution in [0.5, 0.6) is 0 Å². The molecule has 2 unspecified atom stereocenters. The van der Waals surface area contributed by atoms with Gasteiger partial charge in [-0.1, -0.05) is 41.7 Å². The topological polar surface area (TPSA) is 115 Å². The first-order chi connectivity index (χ1) is 24.5. The van der Waals surface area contributed by atoms with E-state index in [9.17, 15) is 19.8 Å². The summed E-state index contributed by atoms with van der Waals surface area (Å²) < 4.78 is 9.81. The number of carbonyl (C=O) groups is 2. The van der Waals surface area contributed by atoms with Crippen LogP contribution >= 0.6 is 0 Å². The Morgan fingerprint density at radius 2 is 1.57 bits per heavy atom. The number of aliphatic carboxylic acids is 2. The maximum atomic E-state index is 12.0. The smallest absolute Gasteiger partial charge is 0.481 e. The molecule has 0 radical (unpaired) electrons. The highest BCUT2D eigenvalue weighted by Crippen LogP contribution is 2.52.